The van der Waals surface area contributed by atoms with Crippen molar-refractivity contribution in [2.75, 3.05) is 39.6 Å². The molecule has 0 radical (unpaired) electrons. The number of hydrogen-bond acceptors (Lipinski definition) is 5. The Balaban J connectivity index is 1.78. The topological polar surface area (TPSA) is 96.0 Å². The molecular weight excluding hydrogens is 382 g/mol. The van der Waals surface area contributed by atoms with E-state index in [0.717, 1.165) is 19.3 Å². The fraction of sp³-hybridized carbons (Fsp3) is 0.579. The molecule has 2 amide bonds. The fourth-order valence-corrected chi connectivity index (χ4v) is 5.22. The van der Waals surface area contributed by atoms with E-state index in [-0.39, 0.29) is 34.3 Å². The lowest BCUT2D eigenvalue weighted by molar-refractivity contribution is -0.131. The number of piperidine rings is 1. The van der Waals surface area contributed by atoms with Crippen molar-refractivity contribution < 1.29 is 22.7 Å². The lowest BCUT2D eigenvalue weighted by atomic mass is 10.2. The van der Waals surface area contributed by atoms with E-state index in [0.29, 0.717) is 25.2 Å². The normalized spacial score (nSPS) is 22.4. The molecule has 1 N–H and O–H groups in total. The average molecular weight is 410 g/mol. The summed E-state index contributed by atoms with van der Waals surface area (Å²) in [6, 6.07) is 4.59. The molecule has 0 bridgehead atoms. The van der Waals surface area contributed by atoms with Crippen LogP contribution in [0.5, 0.6) is 5.75 Å². The number of sulfonamides is 1. The van der Waals surface area contributed by atoms with Crippen molar-refractivity contribution in [2.24, 2.45) is 11.8 Å². The zero-order valence-corrected chi connectivity index (χ0v) is 17.3. The molecule has 28 heavy (non-hydrogen) atoms. The molecular formula is C19H27N3O5S. The minimum absolute atomic E-state index is 0.0476. The van der Waals surface area contributed by atoms with Gasteiger partial charge in [0.15, 0.2) is 0 Å². The number of amides is 2. The summed E-state index contributed by atoms with van der Waals surface area (Å²) < 4.78 is 32.8. The molecule has 0 aromatic heterocycles. The quantitative estimate of drug-likeness (QED) is 0.769. The molecule has 2 atom stereocenters. The van der Waals surface area contributed by atoms with Crippen molar-refractivity contribution in [1.29, 1.82) is 0 Å². The van der Waals surface area contributed by atoms with Crippen molar-refractivity contribution in [3.8, 4) is 5.75 Å². The summed E-state index contributed by atoms with van der Waals surface area (Å²) in [5.41, 5.74) is 0.379. The Morgan fingerprint density at radius 3 is 2.43 bits per heavy atom. The van der Waals surface area contributed by atoms with E-state index in [1.165, 1.54) is 22.4 Å². The number of benzene rings is 1. The summed E-state index contributed by atoms with van der Waals surface area (Å²) in [5.74, 6) is -0.769. The van der Waals surface area contributed by atoms with Crippen molar-refractivity contribution in [2.45, 2.75) is 30.6 Å². The summed E-state index contributed by atoms with van der Waals surface area (Å²) in [6.45, 7) is 0.969. The zero-order chi connectivity index (χ0) is 20.5. The van der Waals surface area contributed by atoms with E-state index in [4.69, 9.17) is 4.74 Å². The molecule has 3 rings (SSSR count). The maximum Gasteiger partial charge on any atom is 0.246 e. The number of carbonyl (C=O) groups excluding carboxylic acids is 2. The zero-order valence-electron chi connectivity index (χ0n) is 16.5. The second-order valence-corrected chi connectivity index (χ2v) is 9.41. The third kappa shape index (κ3) is 4.15. The maximum absolute atomic E-state index is 13.1. The first kappa shape index (κ1) is 20.6. The van der Waals surface area contributed by atoms with Crippen LogP contribution < -0.4 is 10.1 Å². The van der Waals surface area contributed by atoms with Gasteiger partial charge >= 0.3 is 0 Å². The van der Waals surface area contributed by atoms with Crippen LogP contribution in [0.2, 0.25) is 0 Å². The van der Waals surface area contributed by atoms with Crippen LogP contribution in [0.1, 0.15) is 25.7 Å². The van der Waals surface area contributed by atoms with E-state index in [1.807, 2.05) is 0 Å². The number of nitrogens with one attached hydrogen (secondary N) is 1. The fourth-order valence-electron chi connectivity index (χ4n) is 3.52. The monoisotopic (exact) mass is 409 g/mol. The Hall–Kier alpha value is -2.13. The Kier molecular flexibility index (Phi) is 5.95. The lowest BCUT2D eigenvalue weighted by Gasteiger charge is -2.26. The largest absolute Gasteiger partial charge is 0.495 e. The molecule has 2 aliphatic rings. The second-order valence-electron chi connectivity index (χ2n) is 7.50. The maximum atomic E-state index is 13.1. The molecule has 2 fully saturated rings. The molecule has 1 saturated heterocycles. The summed E-state index contributed by atoms with van der Waals surface area (Å²) in [4.78, 5) is 25.9. The average Bonchev–Trinajstić information content (AvgIpc) is 3.49. The van der Waals surface area contributed by atoms with Crippen LogP contribution in [0.25, 0.3) is 0 Å². The Morgan fingerprint density at radius 2 is 1.82 bits per heavy atom. The molecule has 8 nitrogen and oxygen atoms in total. The minimum Gasteiger partial charge on any atom is -0.495 e. The highest BCUT2D eigenvalue weighted by atomic mass is 32.2. The van der Waals surface area contributed by atoms with E-state index in [1.54, 1.807) is 26.2 Å². The standard InChI is InChI=1S/C19H27N3O5S/c1-21(2)19(24)15-12-14(15)18(23)20-13-7-8-16(27-3)17(11-13)28(25,26)22-9-5-4-6-10-22/h7-8,11,14-15H,4-6,9-10,12H2,1-3H3,(H,20,23)/t14-,15+/m0/s1. The Morgan fingerprint density at radius 1 is 1.14 bits per heavy atom. The van der Waals surface area contributed by atoms with Crippen LogP contribution in [0, 0.1) is 11.8 Å². The van der Waals surface area contributed by atoms with Crippen molar-refractivity contribution in [1.82, 2.24) is 9.21 Å². The Bertz CT molecular complexity index is 862. The summed E-state index contributed by atoms with van der Waals surface area (Å²) >= 11 is 0. The molecule has 0 unspecified atom stereocenters. The highest BCUT2D eigenvalue weighted by Gasteiger charge is 2.48. The van der Waals surface area contributed by atoms with E-state index >= 15 is 0 Å². The van der Waals surface area contributed by atoms with Crippen molar-refractivity contribution in [3.05, 3.63) is 18.2 Å². The van der Waals surface area contributed by atoms with Crippen LogP contribution in [0.15, 0.2) is 23.1 Å². The second kappa shape index (κ2) is 8.08. The van der Waals surface area contributed by atoms with Gasteiger partial charge in [-0.15, -0.1) is 0 Å². The van der Waals surface area contributed by atoms with Crippen molar-refractivity contribution in [3.63, 3.8) is 0 Å². The SMILES string of the molecule is COc1ccc(NC(=O)[C@H]2C[C@H]2C(=O)N(C)C)cc1S(=O)(=O)N1CCCCC1. The van der Waals surface area contributed by atoms with Gasteiger partial charge in [0.2, 0.25) is 21.8 Å². The highest BCUT2D eigenvalue weighted by Crippen LogP contribution is 2.41. The molecule has 1 aromatic rings. The van der Waals surface area contributed by atoms with Crippen LogP contribution in [0.4, 0.5) is 5.69 Å². The third-order valence-corrected chi connectivity index (χ3v) is 7.17. The predicted molar refractivity (Wildman–Crippen MR) is 105 cm³/mol. The molecule has 1 aliphatic heterocycles. The highest BCUT2D eigenvalue weighted by molar-refractivity contribution is 7.89. The summed E-state index contributed by atoms with van der Waals surface area (Å²) in [7, 11) is 1.04. The first-order valence-corrected chi connectivity index (χ1v) is 10.9. The van der Waals surface area contributed by atoms with Gasteiger partial charge in [0, 0.05) is 32.9 Å². The Labute approximate surface area is 165 Å². The van der Waals surface area contributed by atoms with Gasteiger partial charge in [0.1, 0.15) is 10.6 Å². The number of ether oxygens (including phenoxy) is 1. The van der Waals surface area contributed by atoms with Gasteiger partial charge in [-0.05, 0) is 37.5 Å². The summed E-state index contributed by atoms with van der Waals surface area (Å²) in [6.07, 6.45) is 3.20. The van der Waals surface area contributed by atoms with Crippen LogP contribution in [-0.4, -0.2) is 63.7 Å². The van der Waals surface area contributed by atoms with Crippen LogP contribution in [-0.2, 0) is 19.6 Å². The van der Waals surface area contributed by atoms with E-state index in [9.17, 15) is 18.0 Å². The molecule has 154 valence electrons. The van der Waals surface area contributed by atoms with Gasteiger partial charge < -0.3 is 15.0 Å². The first-order chi connectivity index (χ1) is 13.3. The van der Waals surface area contributed by atoms with Gasteiger partial charge in [-0.1, -0.05) is 6.42 Å². The molecule has 1 heterocycles. The number of carbonyl (C=O) groups is 2. The number of methoxy groups -OCH3 is 1. The van der Waals surface area contributed by atoms with Crippen LogP contribution in [0.3, 0.4) is 0 Å². The van der Waals surface area contributed by atoms with Crippen molar-refractivity contribution >= 4 is 27.5 Å². The molecule has 1 aliphatic carbocycles. The summed E-state index contributed by atoms with van der Waals surface area (Å²) in [5, 5.41) is 2.75. The van der Waals surface area contributed by atoms with Gasteiger partial charge in [-0.3, -0.25) is 9.59 Å². The van der Waals surface area contributed by atoms with Crippen LogP contribution >= 0.6 is 0 Å². The smallest absolute Gasteiger partial charge is 0.246 e. The number of nitrogens with zero attached hydrogens (tertiary/aromatic N) is 2. The van der Waals surface area contributed by atoms with Gasteiger partial charge in [-0.2, -0.15) is 4.31 Å². The van der Waals surface area contributed by atoms with Gasteiger partial charge in [-0.25, -0.2) is 8.42 Å². The van der Waals surface area contributed by atoms with Gasteiger partial charge in [0.05, 0.1) is 18.9 Å². The predicted octanol–water partition coefficient (Wildman–Crippen LogP) is 1.53. The molecule has 9 heteroatoms. The molecule has 0 spiro atoms. The van der Waals surface area contributed by atoms with E-state index < -0.39 is 10.0 Å². The number of hydrogen-bond donors (Lipinski definition) is 1. The number of anilines is 1. The molecule has 1 aromatic carbocycles. The molecule has 1 saturated carbocycles. The minimum atomic E-state index is -3.71. The van der Waals surface area contributed by atoms with Gasteiger partial charge in [0.25, 0.3) is 0 Å². The third-order valence-electron chi connectivity index (χ3n) is 5.25. The number of rotatable bonds is 6. The first-order valence-electron chi connectivity index (χ1n) is 9.46. The van der Waals surface area contributed by atoms with E-state index in [2.05, 4.69) is 5.32 Å². The lowest BCUT2D eigenvalue weighted by Crippen LogP contribution is -2.35.